The fraction of sp³-hybridized carbons (Fsp3) is 0.632. The number of hydrogen-bond acceptors (Lipinski definition) is 11. The summed E-state index contributed by atoms with van der Waals surface area (Å²) in [6, 6.07) is 0. The molecule has 8 unspecified atom stereocenters. The first kappa shape index (κ1) is 45.1. The first-order valence-corrected chi connectivity index (χ1v) is 18.7. The Hall–Kier alpha value is -2.01. The van der Waals surface area contributed by atoms with Crippen LogP contribution in [0.25, 0.3) is 0 Å². The van der Waals surface area contributed by atoms with E-state index in [2.05, 4.69) is 0 Å². The number of hydrogen-bond donors (Lipinski definition) is 9. The second-order valence-electron chi connectivity index (χ2n) is 13.5. The molecule has 1 fully saturated rings. The van der Waals surface area contributed by atoms with E-state index in [1.54, 1.807) is 18.2 Å². The number of ether oxygens (including phenoxy) is 2. The minimum absolute atomic E-state index is 0.00818. The summed E-state index contributed by atoms with van der Waals surface area (Å²) >= 11 is 1.49. The predicted molar refractivity (Wildman–Crippen MR) is 195 cm³/mol. The van der Waals surface area contributed by atoms with Gasteiger partial charge in [-0.05, 0) is 6.42 Å². The van der Waals surface area contributed by atoms with Crippen molar-refractivity contribution in [3.63, 3.8) is 0 Å². The molecule has 2 bridgehead atoms. The van der Waals surface area contributed by atoms with Crippen molar-refractivity contribution in [2.45, 2.75) is 138 Å². The van der Waals surface area contributed by atoms with Crippen molar-refractivity contribution in [2.24, 2.45) is 5.92 Å². The predicted octanol–water partition coefficient (Wildman–Crippen LogP) is 2.04. The van der Waals surface area contributed by atoms with Crippen LogP contribution in [-0.4, -0.2) is 138 Å². The number of aliphatic carboxylic acids is 1. The maximum atomic E-state index is 11.9. The zero-order valence-corrected chi connectivity index (χ0v) is 30.9. The van der Waals surface area contributed by atoms with Crippen molar-refractivity contribution >= 4 is 31.0 Å². The summed E-state index contributed by atoms with van der Waals surface area (Å²) in [5, 5.41) is 94.2. The fourth-order valence-corrected chi connectivity index (χ4v) is 6.46. The van der Waals surface area contributed by atoms with Crippen molar-refractivity contribution < 1.29 is 60.2 Å². The molecule has 0 aromatic carbocycles. The molecule has 0 spiro atoms. The van der Waals surface area contributed by atoms with E-state index in [9.17, 15) is 50.8 Å². The average Bonchev–Trinajstić information content (AvgIpc) is 3.04. The minimum Gasteiger partial charge on any atom is -0.389 e. The van der Waals surface area contributed by atoms with E-state index < -0.39 is 72.9 Å². The summed E-state index contributed by atoms with van der Waals surface area (Å²) in [6.45, 7) is 0.287. The van der Waals surface area contributed by atoms with E-state index >= 15 is 0 Å². The van der Waals surface area contributed by atoms with Gasteiger partial charge in [0.15, 0.2) is 5.79 Å². The van der Waals surface area contributed by atoms with Crippen molar-refractivity contribution in [3.05, 3.63) is 72.9 Å². The molecule has 1 saturated heterocycles. The van der Waals surface area contributed by atoms with Crippen LogP contribution in [0.1, 0.15) is 83.5 Å². The Bertz CT molecular complexity index is 1200. The van der Waals surface area contributed by atoms with Gasteiger partial charge in [0.2, 0.25) is 0 Å². The zero-order valence-electron chi connectivity index (χ0n) is 29.5. The quantitative estimate of drug-likeness (QED) is 0.177. The normalized spacial score (nSPS) is 39.4. The first-order valence-electron chi connectivity index (χ1n) is 18.0. The molecule has 9 N–H and O–H groups in total. The molecule has 0 radical (unpaired) electrons. The number of carboxylic acids is 1. The number of carboxylic acid groups (broad SMARTS) is 1. The minimum atomic E-state index is -1.94. The average molecular weight is 731 g/mol. The third-order valence-electron chi connectivity index (χ3n) is 8.85. The summed E-state index contributed by atoms with van der Waals surface area (Å²) in [6.07, 6.45) is 15.7. The van der Waals surface area contributed by atoms with Crippen molar-refractivity contribution in [3.8, 4) is 0 Å². The van der Waals surface area contributed by atoms with E-state index in [4.69, 9.17) is 9.47 Å². The monoisotopic (exact) mass is 730 g/mol. The van der Waals surface area contributed by atoms with Gasteiger partial charge in [0.1, 0.15) is 0 Å². The van der Waals surface area contributed by atoms with Gasteiger partial charge in [-0.15, -0.1) is 0 Å². The van der Waals surface area contributed by atoms with Crippen LogP contribution in [0.2, 0.25) is 0 Å². The van der Waals surface area contributed by atoms with E-state index in [-0.39, 0.29) is 58.0 Å². The topological polar surface area (TPSA) is 218 Å². The Balaban J connectivity index is 2.05. The molecule has 2 aliphatic rings. The van der Waals surface area contributed by atoms with Gasteiger partial charge in [-0.2, -0.15) is 0 Å². The number of carbonyl (C=O) groups is 1. The van der Waals surface area contributed by atoms with Crippen LogP contribution < -0.4 is 0 Å². The second-order valence-corrected chi connectivity index (χ2v) is 14.3. The van der Waals surface area contributed by atoms with Gasteiger partial charge >= 0.3 is 198 Å². The third-order valence-corrected chi connectivity index (χ3v) is 9.34. The second kappa shape index (κ2) is 25.1. The molecule has 2 aliphatic heterocycles. The summed E-state index contributed by atoms with van der Waals surface area (Å²) in [7, 11) is 0. The molecule has 0 aromatic heterocycles. The maximum absolute atomic E-state index is 11.9. The zero-order chi connectivity index (χ0) is 37.6. The van der Waals surface area contributed by atoms with Gasteiger partial charge in [0.05, 0.1) is 18.1 Å². The SMILES string of the molecule is O=C(O)[C@@H]1CCC2(O)CC(O)C(O)CCC(O)CC(O)CC(O)C[C](=[Mg])OCC[C@H](O)C/C=C/C=C/CC/C=C/C=C/C=C/C=C/C(O)CC1O2. The standard InChI is InChI=1S/C38H58O12.Mg/c39-28-14-12-10-8-6-4-2-1-3-5-7-9-11-13-15-29(40)26-36-33(37(46)47)18-21-38(48,50-36)27-35(45)34(44)17-16-30(41)24-32(43)25-31(42)20-23-49-22-19-28;/h1,3,5-13,15,28-36,39-45,48H,2,4,14,16-22,24-27H2,(H,46,47);/b3-1+,7-5+,8-6+,11-9+,12-10+,15-13+;/t28-,29?,30?,31?,32?,33-,34?,35?,36?,38?;/m1./s1. The number of aliphatic hydroxyl groups is 8. The summed E-state index contributed by atoms with van der Waals surface area (Å²) < 4.78 is 12.0. The van der Waals surface area contributed by atoms with Crippen LogP contribution in [0.3, 0.4) is 0 Å². The molecule has 284 valence electrons. The molecule has 2 rings (SSSR count). The van der Waals surface area contributed by atoms with E-state index in [1.807, 2.05) is 48.6 Å². The Labute approximate surface area is 313 Å². The molecule has 0 aliphatic carbocycles. The number of rotatable bonds is 1. The van der Waals surface area contributed by atoms with E-state index in [0.717, 1.165) is 12.8 Å². The van der Waals surface area contributed by atoms with Crippen molar-refractivity contribution in [1.82, 2.24) is 0 Å². The van der Waals surface area contributed by atoms with Gasteiger partial charge in [-0.25, -0.2) is 0 Å². The van der Waals surface area contributed by atoms with Crippen LogP contribution in [0.4, 0.5) is 0 Å². The van der Waals surface area contributed by atoms with Crippen LogP contribution in [-0.2, 0) is 14.3 Å². The molecular formula is C38H58MgO12. The van der Waals surface area contributed by atoms with E-state index in [1.165, 1.54) is 27.3 Å². The van der Waals surface area contributed by atoms with E-state index in [0.29, 0.717) is 16.7 Å². The van der Waals surface area contributed by atoms with Crippen LogP contribution in [0, 0.1) is 5.92 Å². The molecule has 0 saturated carbocycles. The summed E-state index contributed by atoms with van der Waals surface area (Å²) in [5.74, 6) is -4.05. The van der Waals surface area contributed by atoms with Crippen molar-refractivity contribution in [2.75, 3.05) is 6.61 Å². The van der Waals surface area contributed by atoms with Gasteiger partial charge in [0.25, 0.3) is 0 Å². The van der Waals surface area contributed by atoms with Crippen LogP contribution in [0.5, 0.6) is 0 Å². The number of fused-ring (bicyclic) bond motifs is 2. The van der Waals surface area contributed by atoms with Gasteiger partial charge in [-0.1, -0.05) is 48.6 Å². The number of aliphatic hydroxyl groups excluding tert-OH is 7. The molecular weight excluding hydrogens is 673 g/mol. The molecule has 2 heterocycles. The van der Waals surface area contributed by atoms with Gasteiger partial charge in [0, 0.05) is 12.8 Å². The molecule has 0 amide bonds. The fourth-order valence-electron chi connectivity index (χ4n) is 5.98. The summed E-state index contributed by atoms with van der Waals surface area (Å²) in [4.78, 5) is 11.9. The first-order chi connectivity index (χ1) is 24.3. The Morgan fingerprint density at radius 2 is 1.33 bits per heavy atom. The van der Waals surface area contributed by atoms with Gasteiger partial charge < -0.3 is 20.1 Å². The molecule has 51 heavy (non-hydrogen) atoms. The number of allylic oxidation sites excluding steroid dienone is 10. The Morgan fingerprint density at radius 1 is 0.706 bits per heavy atom. The van der Waals surface area contributed by atoms with Crippen molar-refractivity contribution in [1.29, 1.82) is 0 Å². The molecule has 12 nitrogen and oxygen atoms in total. The smallest absolute Gasteiger partial charge is 0.389 e. The third kappa shape index (κ3) is 20.1. The summed E-state index contributed by atoms with van der Waals surface area (Å²) in [5.41, 5.74) is 0. The Kier molecular flexibility index (Phi) is 22.2. The van der Waals surface area contributed by atoms with Crippen LogP contribution in [0.15, 0.2) is 72.9 Å². The Morgan fingerprint density at radius 3 is 2.04 bits per heavy atom. The molecule has 13 heteroatoms. The molecule has 10 atom stereocenters. The molecule has 0 aromatic rings. The van der Waals surface area contributed by atoms with Crippen LogP contribution >= 0.6 is 0 Å². The van der Waals surface area contributed by atoms with Gasteiger partial charge in [-0.3, -0.25) is 4.79 Å².